The average molecular weight is 290 g/mol. The molecule has 1 fully saturated rings. The third kappa shape index (κ3) is 3.24. The molecule has 2 rings (SSSR count). The highest BCUT2D eigenvalue weighted by molar-refractivity contribution is 8.00. The Hall–Kier alpha value is -0.0500. The second-order valence-electron chi connectivity index (χ2n) is 4.58. The highest BCUT2D eigenvalue weighted by atomic mass is 35.5. The van der Waals surface area contributed by atoms with Crippen molar-refractivity contribution in [2.75, 3.05) is 18.0 Å². The molecule has 1 aliphatic heterocycles. The molecular formula is C13H17Cl2NS. The van der Waals surface area contributed by atoms with Gasteiger partial charge in [-0.15, -0.1) is 11.6 Å². The van der Waals surface area contributed by atoms with Crippen LogP contribution in [0, 0.1) is 0 Å². The first-order chi connectivity index (χ1) is 8.10. The number of rotatable bonds is 2. The number of alkyl halides is 1. The molecule has 0 aliphatic carbocycles. The van der Waals surface area contributed by atoms with E-state index in [0.717, 1.165) is 29.4 Å². The third-order valence-electron chi connectivity index (χ3n) is 2.93. The largest absolute Gasteiger partial charge is 0.368 e. The fourth-order valence-corrected chi connectivity index (χ4v) is 4.08. The SMILES string of the molecule is CC1CN(c2ccc(CCl)cc2Cl)CC(C)S1. The van der Waals surface area contributed by atoms with E-state index in [2.05, 4.69) is 30.9 Å². The molecule has 0 saturated carbocycles. The molecule has 1 aromatic rings. The lowest BCUT2D eigenvalue weighted by Crippen LogP contribution is -2.40. The summed E-state index contributed by atoms with van der Waals surface area (Å²) in [5.74, 6) is 0.517. The van der Waals surface area contributed by atoms with Crippen molar-refractivity contribution in [3.8, 4) is 0 Å². The summed E-state index contributed by atoms with van der Waals surface area (Å²) in [6.45, 7) is 6.67. The summed E-state index contributed by atoms with van der Waals surface area (Å²) >= 11 is 14.2. The lowest BCUT2D eigenvalue weighted by Gasteiger charge is -2.36. The van der Waals surface area contributed by atoms with Gasteiger partial charge in [0.05, 0.1) is 10.7 Å². The van der Waals surface area contributed by atoms with Gasteiger partial charge >= 0.3 is 0 Å². The molecule has 0 N–H and O–H groups in total. The summed E-state index contributed by atoms with van der Waals surface area (Å²) in [4.78, 5) is 2.38. The van der Waals surface area contributed by atoms with Crippen molar-refractivity contribution in [2.45, 2.75) is 30.2 Å². The molecule has 4 heteroatoms. The van der Waals surface area contributed by atoms with Crippen LogP contribution in [-0.4, -0.2) is 23.6 Å². The molecule has 17 heavy (non-hydrogen) atoms. The average Bonchev–Trinajstić information content (AvgIpc) is 2.27. The standard InChI is InChI=1S/C13H17Cl2NS/c1-9-7-16(8-10(2)17-9)13-4-3-11(6-14)5-12(13)15/h3-5,9-10H,6-8H2,1-2H3. The number of benzene rings is 1. The topological polar surface area (TPSA) is 3.24 Å². The molecule has 0 bridgehead atoms. The third-order valence-corrected chi connectivity index (χ3v) is 4.77. The maximum atomic E-state index is 6.33. The molecule has 1 aromatic carbocycles. The molecule has 1 aliphatic rings. The molecule has 0 spiro atoms. The zero-order chi connectivity index (χ0) is 12.4. The predicted octanol–water partition coefficient (Wildman–Crippen LogP) is 4.41. The van der Waals surface area contributed by atoms with Gasteiger partial charge in [-0.25, -0.2) is 0 Å². The van der Waals surface area contributed by atoms with Gasteiger partial charge in [0.2, 0.25) is 0 Å². The van der Waals surface area contributed by atoms with Crippen molar-refractivity contribution in [1.29, 1.82) is 0 Å². The first kappa shape index (κ1) is 13.4. The lowest BCUT2D eigenvalue weighted by atomic mass is 10.2. The van der Waals surface area contributed by atoms with E-state index in [1.807, 2.05) is 17.8 Å². The second-order valence-corrected chi connectivity index (χ2v) is 7.14. The number of hydrogen-bond acceptors (Lipinski definition) is 2. The Morgan fingerprint density at radius 3 is 2.47 bits per heavy atom. The highest BCUT2D eigenvalue weighted by Gasteiger charge is 2.23. The van der Waals surface area contributed by atoms with Crippen LogP contribution in [0.4, 0.5) is 5.69 Å². The van der Waals surface area contributed by atoms with Crippen molar-refractivity contribution < 1.29 is 0 Å². The Kier molecular flexibility index (Phi) is 4.51. The van der Waals surface area contributed by atoms with E-state index in [1.54, 1.807) is 0 Å². The molecule has 1 heterocycles. The van der Waals surface area contributed by atoms with Crippen LogP contribution in [0.2, 0.25) is 5.02 Å². The molecule has 2 unspecified atom stereocenters. The number of anilines is 1. The number of hydrogen-bond donors (Lipinski definition) is 0. The van der Waals surface area contributed by atoms with Crippen LogP contribution in [-0.2, 0) is 5.88 Å². The van der Waals surface area contributed by atoms with Crippen LogP contribution < -0.4 is 4.90 Å². The normalized spacial score (nSPS) is 25.1. The van der Waals surface area contributed by atoms with Gasteiger partial charge in [0, 0.05) is 29.5 Å². The molecular weight excluding hydrogens is 273 g/mol. The van der Waals surface area contributed by atoms with Crippen LogP contribution in [0.25, 0.3) is 0 Å². The maximum absolute atomic E-state index is 6.33. The first-order valence-electron chi connectivity index (χ1n) is 5.85. The van der Waals surface area contributed by atoms with E-state index in [9.17, 15) is 0 Å². The molecule has 0 amide bonds. The van der Waals surface area contributed by atoms with Gasteiger partial charge in [0.15, 0.2) is 0 Å². The van der Waals surface area contributed by atoms with E-state index < -0.39 is 0 Å². The molecule has 1 saturated heterocycles. The monoisotopic (exact) mass is 289 g/mol. The van der Waals surface area contributed by atoms with Crippen LogP contribution >= 0.6 is 35.0 Å². The van der Waals surface area contributed by atoms with Gasteiger partial charge < -0.3 is 4.90 Å². The summed E-state index contributed by atoms with van der Waals surface area (Å²) in [6, 6.07) is 6.13. The van der Waals surface area contributed by atoms with Crippen molar-refractivity contribution in [2.24, 2.45) is 0 Å². The fourth-order valence-electron chi connectivity index (χ4n) is 2.26. The Morgan fingerprint density at radius 2 is 1.94 bits per heavy atom. The Labute approximate surface area is 117 Å². The second kappa shape index (κ2) is 5.73. The minimum Gasteiger partial charge on any atom is -0.368 e. The van der Waals surface area contributed by atoms with Gasteiger partial charge in [-0.1, -0.05) is 31.5 Å². The zero-order valence-corrected chi connectivity index (χ0v) is 12.4. The Balaban J connectivity index is 2.21. The number of halogens is 2. The summed E-state index contributed by atoms with van der Waals surface area (Å²) in [5.41, 5.74) is 2.22. The molecule has 2 atom stereocenters. The van der Waals surface area contributed by atoms with Crippen molar-refractivity contribution >= 4 is 40.7 Å². The van der Waals surface area contributed by atoms with E-state index >= 15 is 0 Å². The van der Waals surface area contributed by atoms with E-state index in [-0.39, 0.29) is 0 Å². The minimum absolute atomic E-state index is 0.517. The van der Waals surface area contributed by atoms with Gasteiger partial charge in [0.1, 0.15) is 0 Å². The molecule has 0 radical (unpaired) electrons. The number of nitrogens with zero attached hydrogens (tertiary/aromatic N) is 1. The van der Waals surface area contributed by atoms with Crippen molar-refractivity contribution in [1.82, 2.24) is 0 Å². The van der Waals surface area contributed by atoms with Crippen molar-refractivity contribution in [3.63, 3.8) is 0 Å². The molecule has 94 valence electrons. The van der Waals surface area contributed by atoms with E-state index in [1.165, 1.54) is 0 Å². The summed E-state index contributed by atoms with van der Waals surface area (Å²) < 4.78 is 0. The Bertz CT molecular complexity index is 387. The van der Waals surface area contributed by atoms with Gasteiger partial charge in [-0.3, -0.25) is 0 Å². The number of thioether (sulfide) groups is 1. The first-order valence-corrected chi connectivity index (χ1v) is 7.70. The van der Waals surface area contributed by atoms with E-state index in [0.29, 0.717) is 16.4 Å². The minimum atomic E-state index is 0.517. The predicted molar refractivity (Wildman–Crippen MR) is 79.7 cm³/mol. The molecule has 0 aromatic heterocycles. The lowest BCUT2D eigenvalue weighted by molar-refractivity contribution is 0.728. The smallest absolute Gasteiger partial charge is 0.0642 e. The van der Waals surface area contributed by atoms with Crippen LogP contribution in [0.3, 0.4) is 0 Å². The summed E-state index contributed by atoms with van der Waals surface area (Å²) in [7, 11) is 0. The van der Waals surface area contributed by atoms with Crippen LogP contribution in [0.15, 0.2) is 18.2 Å². The summed E-state index contributed by atoms with van der Waals surface area (Å²) in [6.07, 6.45) is 0. The van der Waals surface area contributed by atoms with Gasteiger partial charge in [-0.05, 0) is 17.7 Å². The van der Waals surface area contributed by atoms with Crippen molar-refractivity contribution in [3.05, 3.63) is 28.8 Å². The quantitative estimate of drug-likeness (QED) is 0.742. The van der Waals surface area contributed by atoms with Gasteiger partial charge in [0.25, 0.3) is 0 Å². The summed E-state index contributed by atoms with van der Waals surface area (Å²) in [5, 5.41) is 2.12. The Morgan fingerprint density at radius 1 is 1.29 bits per heavy atom. The highest BCUT2D eigenvalue weighted by Crippen LogP contribution is 2.33. The fraction of sp³-hybridized carbons (Fsp3) is 0.538. The zero-order valence-electron chi connectivity index (χ0n) is 10.1. The van der Waals surface area contributed by atoms with Crippen LogP contribution in [0.5, 0.6) is 0 Å². The maximum Gasteiger partial charge on any atom is 0.0642 e. The molecule has 1 nitrogen and oxygen atoms in total. The van der Waals surface area contributed by atoms with Crippen LogP contribution in [0.1, 0.15) is 19.4 Å². The van der Waals surface area contributed by atoms with Gasteiger partial charge in [-0.2, -0.15) is 11.8 Å². The van der Waals surface area contributed by atoms with E-state index in [4.69, 9.17) is 23.2 Å².